The van der Waals surface area contributed by atoms with Crippen LogP contribution in [0.25, 0.3) is 0 Å². The molecule has 0 heterocycles. The summed E-state index contributed by atoms with van der Waals surface area (Å²) in [6.07, 6.45) is 0. The zero-order valence-electron chi connectivity index (χ0n) is 8.76. The van der Waals surface area contributed by atoms with Gasteiger partial charge in [0.05, 0.1) is 0 Å². The summed E-state index contributed by atoms with van der Waals surface area (Å²) in [7, 11) is 2.88. The van der Waals surface area contributed by atoms with Crippen LogP contribution in [0.4, 0.5) is 4.53 Å². The predicted octanol–water partition coefficient (Wildman–Crippen LogP) is -0.130. The lowest BCUT2D eigenvalue weighted by atomic mass is 10.0. The molecule has 1 N–H and O–H groups in total. The van der Waals surface area contributed by atoms with Crippen LogP contribution in [0, 0.1) is 0 Å². The summed E-state index contributed by atoms with van der Waals surface area (Å²) in [5, 5.41) is 2.42. The van der Waals surface area contributed by atoms with E-state index >= 15 is 0 Å². The maximum Gasteiger partial charge on any atom is 0.252 e. The van der Waals surface area contributed by atoms with E-state index in [0.29, 0.717) is 0 Å². The molecule has 0 rings (SSSR count). The molecule has 82 valence electrons. The average Bonchev–Trinajstić information content (AvgIpc) is 2.15. The fourth-order valence-corrected chi connectivity index (χ4v) is 0.913. The van der Waals surface area contributed by atoms with Crippen LogP contribution in [0.15, 0.2) is 0 Å². The van der Waals surface area contributed by atoms with Crippen molar-refractivity contribution in [3.05, 3.63) is 0 Å². The summed E-state index contributed by atoms with van der Waals surface area (Å²) in [4.78, 5) is 26.9. The van der Waals surface area contributed by atoms with Crippen molar-refractivity contribution in [3.63, 3.8) is 0 Å². The minimum atomic E-state index is -1.02. The third-order valence-corrected chi connectivity index (χ3v) is 2.17. The SMILES string of the molecule is CNC(=O)C(C)(C)N(C)C(=O)COF. The molecular formula is C8H15FN2O3. The van der Waals surface area contributed by atoms with Crippen LogP contribution >= 0.6 is 0 Å². The van der Waals surface area contributed by atoms with Gasteiger partial charge < -0.3 is 10.2 Å². The molecule has 0 aromatic rings. The molecule has 2 amide bonds. The van der Waals surface area contributed by atoms with Crippen molar-refractivity contribution in [3.8, 4) is 0 Å². The maximum atomic E-state index is 11.4. The molecule has 0 radical (unpaired) electrons. The Kier molecular flexibility index (Phi) is 4.49. The van der Waals surface area contributed by atoms with Gasteiger partial charge in [-0.15, -0.1) is 0 Å². The highest BCUT2D eigenvalue weighted by molar-refractivity contribution is 5.90. The number of hydrogen-bond acceptors (Lipinski definition) is 3. The van der Waals surface area contributed by atoms with E-state index in [1.807, 2.05) is 0 Å². The maximum absolute atomic E-state index is 11.4. The first kappa shape index (κ1) is 12.8. The fraction of sp³-hybridized carbons (Fsp3) is 0.750. The predicted molar refractivity (Wildman–Crippen MR) is 48.0 cm³/mol. The number of rotatable bonds is 4. The first-order chi connectivity index (χ1) is 6.37. The lowest BCUT2D eigenvalue weighted by Gasteiger charge is -2.33. The summed E-state index contributed by atoms with van der Waals surface area (Å²) < 4.78 is 11.4. The molecule has 0 saturated carbocycles. The second-order valence-corrected chi connectivity index (χ2v) is 3.34. The van der Waals surface area contributed by atoms with Crippen LogP contribution in [0.1, 0.15) is 13.8 Å². The summed E-state index contributed by atoms with van der Waals surface area (Å²) in [5.41, 5.74) is -1.02. The van der Waals surface area contributed by atoms with Crippen LogP contribution in [-0.4, -0.2) is 43.0 Å². The van der Waals surface area contributed by atoms with Crippen molar-refractivity contribution in [1.82, 2.24) is 10.2 Å². The van der Waals surface area contributed by atoms with E-state index in [9.17, 15) is 14.1 Å². The second-order valence-electron chi connectivity index (χ2n) is 3.34. The van der Waals surface area contributed by atoms with Gasteiger partial charge in [0.2, 0.25) is 5.91 Å². The van der Waals surface area contributed by atoms with Crippen LogP contribution < -0.4 is 5.32 Å². The quantitative estimate of drug-likeness (QED) is 0.697. The first-order valence-electron chi connectivity index (χ1n) is 4.10. The highest BCUT2D eigenvalue weighted by atomic mass is 19.3. The van der Waals surface area contributed by atoms with E-state index in [1.165, 1.54) is 14.1 Å². The molecule has 0 fully saturated rings. The van der Waals surface area contributed by atoms with Gasteiger partial charge in [-0.05, 0) is 18.4 Å². The molecule has 0 aromatic heterocycles. The second kappa shape index (κ2) is 4.90. The van der Waals surface area contributed by atoms with Crippen molar-refractivity contribution >= 4 is 11.8 Å². The van der Waals surface area contributed by atoms with Crippen LogP contribution in [0.3, 0.4) is 0 Å². The van der Waals surface area contributed by atoms with E-state index < -0.39 is 18.1 Å². The number of hydrogen-bond donors (Lipinski definition) is 1. The van der Waals surface area contributed by atoms with Crippen LogP contribution in [0.5, 0.6) is 0 Å². The Morgan fingerprint density at radius 3 is 2.36 bits per heavy atom. The lowest BCUT2D eigenvalue weighted by molar-refractivity contribution is -0.169. The van der Waals surface area contributed by atoms with Crippen molar-refractivity contribution in [1.29, 1.82) is 0 Å². The zero-order chi connectivity index (χ0) is 11.4. The minimum absolute atomic E-state index is 0.327. The largest absolute Gasteiger partial charge is 0.357 e. The Balaban J connectivity index is 4.56. The molecule has 0 aliphatic heterocycles. The molecule has 0 atom stereocenters. The molecule has 0 aromatic carbocycles. The van der Waals surface area contributed by atoms with Gasteiger partial charge in [-0.1, -0.05) is 0 Å². The number of likely N-dealkylation sites (N-methyl/N-ethyl adjacent to an activating group) is 2. The highest BCUT2D eigenvalue weighted by Gasteiger charge is 2.34. The summed E-state index contributed by atoms with van der Waals surface area (Å²) in [6, 6.07) is 0. The number of halogens is 1. The Labute approximate surface area is 82.1 Å². The number of amides is 2. The van der Waals surface area contributed by atoms with Gasteiger partial charge in [0.25, 0.3) is 5.91 Å². The van der Waals surface area contributed by atoms with Gasteiger partial charge in [-0.2, -0.15) is 4.94 Å². The number of nitrogens with one attached hydrogen (secondary N) is 1. The van der Waals surface area contributed by atoms with E-state index in [1.54, 1.807) is 13.8 Å². The van der Waals surface area contributed by atoms with Gasteiger partial charge in [-0.25, -0.2) is 0 Å². The van der Waals surface area contributed by atoms with Crippen molar-refractivity contribution in [2.45, 2.75) is 19.4 Å². The Morgan fingerprint density at radius 1 is 1.50 bits per heavy atom. The Hall–Kier alpha value is -1.17. The van der Waals surface area contributed by atoms with E-state index in [0.717, 1.165) is 4.90 Å². The van der Waals surface area contributed by atoms with Crippen LogP contribution in [-0.2, 0) is 14.5 Å². The molecule has 0 unspecified atom stereocenters. The number of nitrogens with zero attached hydrogens (tertiary/aromatic N) is 1. The zero-order valence-corrected chi connectivity index (χ0v) is 8.76. The van der Waals surface area contributed by atoms with Crippen molar-refractivity contribution in [2.75, 3.05) is 20.7 Å². The molecule has 14 heavy (non-hydrogen) atoms. The topological polar surface area (TPSA) is 58.6 Å². The monoisotopic (exact) mass is 206 g/mol. The summed E-state index contributed by atoms with van der Waals surface area (Å²) in [5.74, 6) is -0.923. The van der Waals surface area contributed by atoms with E-state index in [4.69, 9.17) is 0 Å². The standard InChI is InChI=1S/C8H15FN2O3/c1-8(2,7(13)10-3)11(4)6(12)5-14-9/h5H2,1-4H3,(H,10,13). The third kappa shape index (κ3) is 2.66. The lowest BCUT2D eigenvalue weighted by Crippen LogP contribution is -2.55. The summed E-state index contributed by atoms with van der Waals surface area (Å²) >= 11 is 0. The summed E-state index contributed by atoms with van der Waals surface area (Å²) in [6.45, 7) is 2.43. The molecule has 6 heteroatoms. The van der Waals surface area contributed by atoms with Crippen molar-refractivity contribution < 1.29 is 19.1 Å². The fourth-order valence-electron chi connectivity index (χ4n) is 0.913. The molecule has 0 saturated heterocycles. The van der Waals surface area contributed by atoms with E-state index in [-0.39, 0.29) is 5.91 Å². The Bertz CT molecular complexity index is 231. The third-order valence-electron chi connectivity index (χ3n) is 2.17. The first-order valence-corrected chi connectivity index (χ1v) is 4.10. The number of carbonyl (C=O) groups excluding carboxylic acids is 2. The highest BCUT2D eigenvalue weighted by Crippen LogP contribution is 2.12. The smallest absolute Gasteiger partial charge is 0.252 e. The molecule has 5 nitrogen and oxygen atoms in total. The molecule has 0 spiro atoms. The van der Waals surface area contributed by atoms with Crippen molar-refractivity contribution in [2.24, 2.45) is 0 Å². The Morgan fingerprint density at radius 2 is 2.00 bits per heavy atom. The van der Waals surface area contributed by atoms with Gasteiger partial charge in [0.1, 0.15) is 5.54 Å². The molecule has 0 bridgehead atoms. The van der Waals surface area contributed by atoms with Gasteiger partial charge in [0.15, 0.2) is 6.61 Å². The number of carbonyl (C=O) groups is 2. The van der Waals surface area contributed by atoms with Crippen LogP contribution in [0.2, 0.25) is 0 Å². The van der Waals surface area contributed by atoms with Gasteiger partial charge >= 0.3 is 0 Å². The average molecular weight is 206 g/mol. The van der Waals surface area contributed by atoms with Gasteiger partial charge in [0, 0.05) is 14.1 Å². The minimum Gasteiger partial charge on any atom is -0.357 e. The normalized spacial score (nSPS) is 10.9. The van der Waals surface area contributed by atoms with Gasteiger partial charge in [-0.3, -0.25) is 9.59 Å². The van der Waals surface area contributed by atoms with E-state index in [2.05, 4.69) is 10.3 Å². The molecule has 0 aliphatic carbocycles. The molecular weight excluding hydrogens is 191 g/mol. The molecule has 0 aliphatic rings.